The molecule has 0 saturated heterocycles. The maximum absolute atomic E-state index is 4.53. The number of hydrogen-bond acceptors (Lipinski definition) is 2. The molecular formula is C13H16N2. The van der Waals surface area contributed by atoms with Crippen LogP contribution in [-0.2, 0) is 12.8 Å². The minimum absolute atomic E-state index is 1.05. The highest BCUT2D eigenvalue weighted by molar-refractivity contribution is 5.85. The smallest absolute Gasteiger partial charge is 0.0596 e. The molecule has 0 N–H and O–H groups in total. The highest BCUT2D eigenvalue weighted by Gasteiger charge is 2.16. The molecule has 0 radical (unpaired) electrons. The van der Waals surface area contributed by atoms with Gasteiger partial charge in [0.05, 0.1) is 5.69 Å². The van der Waals surface area contributed by atoms with Crippen LogP contribution in [0, 0.1) is 0 Å². The van der Waals surface area contributed by atoms with Gasteiger partial charge in [0.25, 0.3) is 0 Å². The molecule has 1 aromatic carbocycles. The van der Waals surface area contributed by atoms with E-state index in [0.717, 1.165) is 13.0 Å². The molecule has 2 nitrogen and oxygen atoms in total. The first kappa shape index (κ1) is 8.96. The van der Waals surface area contributed by atoms with Gasteiger partial charge in [-0.2, -0.15) is 5.10 Å². The predicted molar refractivity (Wildman–Crippen MR) is 63.5 cm³/mol. The third-order valence-corrected chi connectivity index (χ3v) is 3.36. The van der Waals surface area contributed by atoms with Crippen LogP contribution >= 0.6 is 0 Å². The monoisotopic (exact) mass is 200 g/mol. The van der Waals surface area contributed by atoms with E-state index in [1.54, 1.807) is 5.56 Å². The first-order valence-electron chi connectivity index (χ1n) is 5.76. The molecule has 1 aromatic rings. The van der Waals surface area contributed by atoms with Gasteiger partial charge in [0.15, 0.2) is 0 Å². The lowest BCUT2D eigenvalue weighted by molar-refractivity contribution is 0.908. The van der Waals surface area contributed by atoms with Crippen molar-refractivity contribution in [3.63, 3.8) is 0 Å². The standard InChI is InChI=1S/C13H16N2/c1-10-7-8-15(14-10)13-6-5-11-3-2-4-12(11)9-13/h5-6,9H,2-4,7-8H2,1H3. The van der Waals surface area contributed by atoms with E-state index >= 15 is 0 Å². The number of anilines is 1. The number of hydrazone groups is 1. The van der Waals surface area contributed by atoms with E-state index in [1.807, 2.05) is 0 Å². The molecule has 2 aliphatic rings. The first-order valence-corrected chi connectivity index (χ1v) is 5.76. The van der Waals surface area contributed by atoms with E-state index in [1.165, 1.54) is 36.2 Å². The van der Waals surface area contributed by atoms with Gasteiger partial charge in [-0.1, -0.05) is 6.07 Å². The van der Waals surface area contributed by atoms with Crippen molar-refractivity contribution in [2.45, 2.75) is 32.6 Å². The summed E-state index contributed by atoms with van der Waals surface area (Å²) in [7, 11) is 0. The van der Waals surface area contributed by atoms with Crippen LogP contribution in [0.1, 0.15) is 30.9 Å². The molecule has 2 heteroatoms. The number of nitrogens with zero attached hydrogens (tertiary/aromatic N) is 2. The molecule has 0 unspecified atom stereocenters. The van der Waals surface area contributed by atoms with Gasteiger partial charge < -0.3 is 0 Å². The van der Waals surface area contributed by atoms with Gasteiger partial charge in [0.2, 0.25) is 0 Å². The fourth-order valence-corrected chi connectivity index (χ4v) is 2.48. The van der Waals surface area contributed by atoms with Crippen LogP contribution in [0.2, 0.25) is 0 Å². The molecule has 3 rings (SSSR count). The Bertz CT molecular complexity index is 421. The third kappa shape index (κ3) is 1.54. The van der Waals surface area contributed by atoms with E-state index in [-0.39, 0.29) is 0 Å². The Morgan fingerprint density at radius 3 is 2.80 bits per heavy atom. The Morgan fingerprint density at radius 1 is 1.13 bits per heavy atom. The lowest BCUT2D eigenvalue weighted by atomic mass is 10.1. The molecule has 0 spiro atoms. The fraction of sp³-hybridized carbons (Fsp3) is 0.462. The normalized spacial score (nSPS) is 19.3. The lowest BCUT2D eigenvalue weighted by Gasteiger charge is -2.14. The zero-order valence-corrected chi connectivity index (χ0v) is 9.16. The van der Waals surface area contributed by atoms with Crippen LogP contribution in [0.25, 0.3) is 0 Å². The van der Waals surface area contributed by atoms with Crippen LogP contribution in [0.15, 0.2) is 23.3 Å². The van der Waals surface area contributed by atoms with Gasteiger partial charge in [0.1, 0.15) is 0 Å². The minimum Gasteiger partial charge on any atom is -0.265 e. The molecule has 1 heterocycles. The summed E-state index contributed by atoms with van der Waals surface area (Å²) in [5.41, 5.74) is 5.59. The van der Waals surface area contributed by atoms with Crippen molar-refractivity contribution in [2.75, 3.05) is 11.6 Å². The van der Waals surface area contributed by atoms with Crippen LogP contribution < -0.4 is 5.01 Å². The predicted octanol–water partition coefficient (Wildman–Crippen LogP) is 2.76. The number of benzene rings is 1. The first-order chi connectivity index (χ1) is 7.33. The highest BCUT2D eigenvalue weighted by Crippen LogP contribution is 2.28. The van der Waals surface area contributed by atoms with Crippen LogP contribution in [0.4, 0.5) is 5.69 Å². The quantitative estimate of drug-likeness (QED) is 0.680. The number of aryl methyl sites for hydroxylation is 2. The van der Waals surface area contributed by atoms with Crippen molar-refractivity contribution < 1.29 is 0 Å². The summed E-state index contributed by atoms with van der Waals surface area (Å²) in [5, 5.41) is 6.67. The van der Waals surface area contributed by atoms with E-state index < -0.39 is 0 Å². The number of rotatable bonds is 1. The maximum Gasteiger partial charge on any atom is 0.0596 e. The molecule has 0 amide bonds. The summed E-state index contributed by atoms with van der Waals surface area (Å²) in [4.78, 5) is 0. The Labute approximate surface area is 90.6 Å². The van der Waals surface area contributed by atoms with Gasteiger partial charge in [-0.25, -0.2) is 0 Å². The molecule has 0 saturated carbocycles. The van der Waals surface area contributed by atoms with Crippen LogP contribution in [-0.4, -0.2) is 12.3 Å². The molecule has 0 fully saturated rings. The summed E-state index contributed by atoms with van der Waals surface area (Å²) in [6.45, 7) is 3.15. The molecule has 1 aliphatic heterocycles. The van der Waals surface area contributed by atoms with E-state index in [9.17, 15) is 0 Å². The van der Waals surface area contributed by atoms with E-state index in [0.29, 0.717) is 0 Å². The Morgan fingerprint density at radius 2 is 2.00 bits per heavy atom. The largest absolute Gasteiger partial charge is 0.265 e. The van der Waals surface area contributed by atoms with Crippen molar-refractivity contribution in [3.05, 3.63) is 29.3 Å². The SMILES string of the molecule is CC1=NN(c2ccc3c(c2)CCC3)CC1. The maximum atomic E-state index is 4.53. The Kier molecular flexibility index (Phi) is 2.01. The van der Waals surface area contributed by atoms with Crippen LogP contribution in [0.5, 0.6) is 0 Å². The average Bonchev–Trinajstić information content (AvgIpc) is 2.84. The highest BCUT2D eigenvalue weighted by atomic mass is 15.5. The molecule has 0 atom stereocenters. The minimum atomic E-state index is 1.05. The van der Waals surface area contributed by atoms with Gasteiger partial charge >= 0.3 is 0 Å². The zero-order chi connectivity index (χ0) is 10.3. The zero-order valence-electron chi connectivity index (χ0n) is 9.16. The third-order valence-electron chi connectivity index (χ3n) is 3.36. The average molecular weight is 200 g/mol. The molecular weight excluding hydrogens is 184 g/mol. The number of fused-ring (bicyclic) bond motifs is 1. The van der Waals surface area contributed by atoms with Crippen LogP contribution in [0.3, 0.4) is 0 Å². The second kappa shape index (κ2) is 3.37. The van der Waals surface area contributed by atoms with Gasteiger partial charge in [-0.05, 0) is 49.4 Å². The topological polar surface area (TPSA) is 15.6 Å². The van der Waals surface area contributed by atoms with Gasteiger partial charge in [-0.15, -0.1) is 0 Å². The summed E-state index contributed by atoms with van der Waals surface area (Å²) < 4.78 is 0. The van der Waals surface area contributed by atoms with Gasteiger partial charge in [-0.3, -0.25) is 5.01 Å². The Hall–Kier alpha value is -1.31. The number of hydrogen-bond donors (Lipinski definition) is 0. The molecule has 78 valence electrons. The summed E-state index contributed by atoms with van der Waals surface area (Å²) in [6, 6.07) is 6.82. The molecule has 1 aliphatic carbocycles. The molecule has 0 aromatic heterocycles. The second-order valence-electron chi connectivity index (χ2n) is 4.51. The Balaban J connectivity index is 1.93. The molecule has 15 heavy (non-hydrogen) atoms. The second-order valence-corrected chi connectivity index (χ2v) is 4.51. The lowest BCUT2D eigenvalue weighted by Crippen LogP contribution is -2.11. The summed E-state index contributed by atoms with van der Waals surface area (Å²) in [5.74, 6) is 0. The van der Waals surface area contributed by atoms with Crippen molar-refractivity contribution in [3.8, 4) is 0 Å². The van der Waals surface area contributed by atoms with Gasteiger partial charge in [0, 0.05) is 18.7 Å². The molecule has 0 bridgehead atoms. The van der Waals surface area contributed by atoms with Crippen molar-refractivity contribution in [1.29, 1.82) is 0 Å². The van der Waals surface area contributed by atoms with Crippen molar-refractivity contribution >= 4 is 11.4 Å². The summed E-state index contributed by atoms with van der Waals surface area (Å²) in [6.07, 6.45) is 4.94. The van der Waals surface area contributed by atoms with Crippen molar-refractivity contribution in [2.24, 2.45) is 5.10 Å². The van der Waals surface area contributed by atoms with E-state index in [2.05, 4.69) is 35.2 Å². The van der Waals surface area contributed by atoms with E-state index in [4.69, 9.17) is 0 Å². The summed E-state index contributed by atoms with van der Waals surface area (Å²) >= 11 is 0. The fourth-order valence-electron chi connectivity index (χ4n) is 2.48. The van der Waals surface area contributed by atoms with Crippen molar-refractivity contribution in [1.82, 2.24) is 0 Å².